The largest absolute Gasteiger partial charge is 0.365 e. The SMILES string of the molecule is Cc1cccc(CNc2nc(N3CCCCC3)nc3c2cnn3C)c1. The van der Waals surface area contributed by atoms with Gasteiger partial charge in [-0.05, 0) is 31.7 Å². The minimum absolute atomic E-state index is 0.738. The van der Waals surface area contributed by atoms with Crippen LogP contribution in [0.15, 0.2) is 30.5 Å². The Kier molecular flexibility index (Phi) is 4.26. The van der Waals surface area contributed by atoms with E-state index < -0.39 is 0 Å². The predicted molar refractivity (Wildman–Crippen MR) is 101 cm³/mol. The third-order valence-electron chi connectivity index (χ3n) is 4.76. The van der Waals surface area contributed by atoms with Crippen LogP contribution in [0.1, 0.15) is 30.4 Å². The molecule has 0 radical (unpaired) electrons. The summed E-state index contributed by atoms with van der Waals surface area (Å²) in [6.07, 6.45) is 5.55. The Morgan fingerprint density at radius 3 is 2.76 bits per heavy atom. The molecule has 1 fully saturated rings. The maximum Gasteiger partial charge on any atom is 0.229 e. The predicted octanol–water partition coefficient (Wildman–Crippen LogP) is 3.27. The van der Waals surface area contributed by atoms with Gasteiger partial charge < -0.3 is 10.2 Å². The molecule has 3 heterocycles. The molecule has 0 bridgehead atoms. The highest BCUT2D eigenvalue weighted by Crippen LogP contribution is 2.25. The van der Waals surface area contributed by atoms with Crippen molar-refractivity contribution in [1.82, 2.24) is 19.7 Å². The van der Waals surface area contributed by atoms with Gasteiger partial charge in [-0.3, -0.25) is 4.68 Å². The van der Waals surface area contributed by atoms with Gasteiger partial charge in [-0.15, -0.1) is 0 Å². The number of piperidine rings is 1. The fraction of sp³-hybridized carbons (Fsp3) is 0.421. The Balaban J connectivity index is 1.66. The molecule has 2 aromatic heterocycles. The number of rotatable bonds is 4. The van der Waals surface area contributed by atoms with Gasteiger partial charge in [0.15, 0.2) is 5.65 Å². The number of nitrogens with one attached hydrogen (secondary N) is 1. The lowest BCUT2D eigenvalue weighted by atomic mass is 10.1. The quantitative estimate of drug-likeness (QED) is 0.792. The third kappa shape index (κ3) is 3.29. The summed E-state index contributed by atoms with van der Waals surface area (Å²) < 4.78 is 1.82. The highest BCUT2D eigenvalue weighted by molar-refractivity contribution is 5.87. The van der Waals surface area contributed by atoms with E-state index in [2.05, 4.69) is 46.5 Å². The van der Waals surface area contributed by atoms with E-state index >= 15 is 0 Å². The van der Waals surface area contributed by atoms with Crippen LogP contribution in [0.3, 0.4) is 0 Å². The van der Waals surface area contributed by atoms with Crippen LogP contribution in [0.2, 0.25) is 0 Å². The molecule has 1 aliphatic rings. The Morgan fingerprint density at radius 2 is 1.96 bits per heavy atom. The maximum absolute atomic E-state index is 4.83. The van der Waals surface area contributed by atoms with Crippen LogP contribution in [-0.2, 0) is 13.6 Å². The minimum atomic E-state index is 0.738. The molecule has 0 aliphatic carbocycles. The Bertz CT molecular complexity index is 879. The zero-order valence-electron chi connectivity index (χ0n) is 14.9. The summed E-state index contributed by atoms with van der Waals surface area (Å²) in [7, 11) is 1.93. The van der Waals surface area contributed by atoms with Crippen LogP contribution in [0.25, 0.3) is 11.0 Å². The number of benzene rings is 1. The molecule has 130 valence electrons. The van der Waals surface area contributed by atoms with Gasteiger partial charge in [-0.2, -0.15) is 15.1 Å². The van der Waals surface area contributed by atoms with Crippen molar-refractivity contribution in [3.8, 4) is 0 Å². The zero-order valence-corrected chi connectivity index (χ0v) is 14.9. The summed E-state index contributed by atoms with van der Waals surface area (Å²) in [5.74, 6) is 1.67. The van der Waals surface area contributed by atoms with Crippen molar-refractivity contribution in [3.63, 3.8) is 0 Å². The van der Waals surface area contributed by atoms with Crippen molar-refractivity contribution in [2.45, 2.75) is 32.7 Å². The van der Waals surface area contributed by atoms with Gasteiger partial charge in [0.2, 0.25) is 5.95 Å². The van der Waals surface area contributed by atoms with E-state index in [1.807, 2.05) is 17.9 Å². The molecule has 3 aromatic rings. The van der Waals surface area contributed by atoms with E-state index in [0.717, 1.165) is 42.4 Å². The standard InChI is InChI=1S/C19H24N6/c1-14-7-6-8-15(11-14)12-20-17-16-13-21-24(2)18(16)23-19(22-17)25-9-4-3-5-10-25/h6-8,11,13H,3-5,9-10,12H2,1-2H3,(H,20,22,23). The van der Waals surface area contributed by atoms with Crippen molar-refractivity contribution in [2.24, 2.45) is 7.05 Å². The monoisotopic (exact) mass is 336 g/mol. The third-order valence-corrected chi connectivity index (χ3v) is 4.76. The second-order valence-corrected chi connectivity index (χ2v) is 6.77. The van der Waals surface area contributed by atoms with Crippen molar-refractivity contribution < 1.29 is 0 Å². The topological polar surface area (TPSA) is 58.9 Å². The van der Waals surface area contributed by atoms with E-state index in [0.29, 0.717) is 0 Å². The molecule has 25 heavy (non-hydrogen) atoms. The smallest absolute Gasteiger partial charge is 0.229 e. The molecule has 1 aromatic carbocycles. The number of hydrogen-bond donors (Lipinski definition) is 1. The first kappa shape index (κ1) is 15.9. The van der Waals surface area contributed by atoms with Gasteiger partial charge in [-0.25, -0.2) is 0 Å². The molecule has 4 rings (SSSR count). The van der Waals surface area contributed by atoms with Crippen LogP contribution in [-0.4, -0.2) is 32.8 Å². The number of fused-ring (bicyclic) bond motifs is 1. The molecule has 6 nitrogen and oxygen atoms in total. The highest BCUT2D eigenvalue weighted by Gasteiger charge is 2.18. The van der Waals surface area contributed by atoms with E-state index in [-0.39, 0.29) is 0 Å². The van der Waals surface area contributed by atoms with Crippen LogP contribution in [0, 0.1) is 6.92 Å². The minimum Gasteiger partial charge on any atom is -0.365 e. The summed E-state index contributed by atoms with van der Waals surface area (Å²) in [4.78, 5) is 11.9. The van der Waals surface area contributed by atoms with Crippen LogP contribution < -0.4 is 10.2 Å². The molecule has 0 unspecified atom stereocenters. The highest BCUT2D eigenvalue weighted by atomic mass is 15.3. The number of hydrogen-bond acceptors (Lipinski definition) is 5. The van der Waals surface area contributed by atoms with Gasteiger partial charge >= 0.3 is 0 Å². The fourth-order valence-electron chi connectivity index (χ4n) is 3.39. The summed E-state index contributed by atoms with van der Waals surface area (Å²) >= 11 is 0. The lowest BCUT2D eigenvalue weighted by Gasteiger charge is -2.27. The molecule has 0 saturated carbocycles. The van der Waals surface area contributed by atoms with Crippen LogP contribution >= 0.6 is 0 Å². The number of nitrogens with zero attached hydrogens (tertiary/aromatic N) is 5. The first-order valence-corrected chi connectivity index (χ1v) is 8.95. The van der Waals surface area contributed by atoms with Gasteiger partial charge in [-0.1, -0.05) is 29.8 Å². The van der Waals surface area contributed by atoms with E-state index in [1.54, 1.807) is 0 Å². The van der Waals surface area contributed by atoms with Gasteiger partial charge in [0.25, 0.3) is 0 Å². The molecular weight excluding hydrogens is 312 g/mol. The molecule has 6 heteroatoms. The molecule has 1 saturated heterocycles. The van der Waals surface area contributed by atoms with E-state index in [4.69, 9.17) is 9.97 Å². The van der Waals surface area contributed by atoms with Crippen molar-refractivity contribution in [2.75, 3.05) is 23.3 Å². The zero-order chi connectivity index (χ0) is 17.2. The number of anilines is 2. The summed E-state index contributed by atoms with van der Waals surface area (Å²) in [5, 5.41) is 8.83. The van der Waals surface area contributed by atoms with Crippen molar-refractivity contribution in [3.05, 3.63) is 41.6 Å². The average molecular weight is 336 g/mol. The number of aryl methyl sites for hydroxylation is 2. The summed E-state index contributed by atoms with van der Waals surface area (Å²) in [6, 6.07) is 8.53. The van der Waals surface area contributed by atoms with Gasteiger partial charge in [0.05, 0.1) is 11.6 Å². The van der Waals surface area contributed by atoms with E-state index in [1.165, 1.54) is 30.4 Å². The Morgan fingerprint density at radius 1 is 1.12 bits per heavy atom. The fourth-order valence-corrected chi connectivity index (χ4v) is 3.39. The summed E-state index contributed by atoms with van der Waals surface area (Å²) in [5.41, 5.74) is 3.39. The lowest BCUT2D eigenvalue weighted by Crippen LogP contribution is -2.31. The lowest BCUT2D eigenvalue weighted by molar-refractivity contribution is 0.568. The van der Waals surface area contributed by atoms with Crippen LogP contribution in [0.4, 0.5) is 11.8 Å². The van der Waals surface area contributed by atoms with Gasteiger partial charge in [0.1, 0.15) is 5.82 Å². The Labute approximate surface area is 147 Å². The molecule has 0 spiro atoms. The van der Waals surface area contributed by atoms with Crippen LogP contribution in [0.5, 0.6) is 0 Å². The molecule has 0 amide bonds. The second kappa shape index (κ2) is 6.70. The first-order valence-electron chi connectivity index (χ1n) is 8.95. The normalized spacial score (nSPS) is 14.9. The number of aromatic nitrogens is 4. The summed E-state index contributed by atoms with van der Waals surface area (Å²) in [6.45, 7) is 4.91. The Hall–Kier alpha value is -2.63. The molecule has 1 N–H and O–H groups in total. The maximum atomic E-state index is 4.83. The molecule has 0 atom stereocenters. The molecule has 1 aliphatic heterocycles. The molecular formula is C19H24N6. The van der Waals surface area contributed by atoms with Gasteiger partial charge in [0, 0.05) is 26.7 Å². The average Bonchev–Trinajstić information content (AvgIpc) is 3.02. The van der Waals surface area contributed by atoms with Crippen molar-refractivity contribution in [1.29, 1.82) is 0 Å². The van der Waals surface area contributed by atoms with Crippen molar-refractivity contribution >= 4 is 22.8 Å². The van der Waals surface area contributed by atoms with E-state index in [9.17, 15) is 0 Å². The first-order chi connectivity index (χ1) is 12.2. The second-order valence-electron chi connectivity index (χ2n) is 6.77.